The molecule has 0 saturated carbocycles. The Morgan fingerprint density at radius 1 is 0.886 bits per heavy atom. The van der Waals surface area contributed by atoms with Crippen LogP contribution in [0.3, 0.4) is 0 Å². The van der Waals surface area contributed by atoms with E-state index >= 15 is 0 Å². The van der Waals surface area contributed by atoms with Gasteiger partial charge in [-0.25, -0.2) is 8.42 Å². The highest BCUT2D eigenvalue weighted by Gasteiger charge is 2.23. The van der Waals surface area contributed by atoms with Gasteiger partial charge >= 0.3 is 0 Å². The Morgan fingerprint density at radius 3 is 2.11 bits per heavy atom. The van der Waals surface area contributed by atoms with E-state index < -0.39 is 10.0 Å². The van der Waals surface area contributed by atoms with Gasteiger partial charge < -0.3 is 9.64 Å². The molecule has 1 N–H and O–H groups in total. The van der Waals surface area contributed by atoms with E-state index in [2.05, 4.69) is 21.8 Å². The number of piperazine rings is 1. The fourth-order valence-corrected chi connectivity index (χ4v) is 5.11. The zero-order chi connectivity index (χ0) is 24.8. The standard InChI is InChI=1S/C27H31N3O4S/c1-21-3-9-24(10-4-21)28-35(32,33)26-13-7-23(8-14-26)27(31)30-19-17-29(18-20-30)16-15-22-5-11-25(34-2)12-6-22/h3-14,28H,15-20H2,1-2H3. The Balaban J connectivity index is 1.29. The number of nitrogens with one attached hydrogen (secondary N) is 1. The minimum Gasteiger partial charge on any atom is -0.497 e. The van der Waals surface area contributed by atoms with E-state index in [-0.39, 0.29) is 10.8 Å². The lowest BCUT2D eigenvalue weighted by atomic mass is 10.1. The van der Waals surface area contributed by atoms with Crippen molar-refractivity contribution in [2.24, 2.45) is 0 Å². The van der Waals surface area contributed by atoms with Crippen molar-refractivity contribution in [1.29, 1.82) is 0 Å². The number of carbonyl (C=O) groups excluding carboxylic acids is 1. The van der Waals surface area contributed by atoms with Crippen LogP contribution in [0, 0.1) is 6.92 Å². The maximum Gasteiger partial charge on any atom is 0.261 e. The third kappa shape index (κ3) is 6.41. The van der Waals surface area contributed by atoms with Gasteiger partial charge in [-0.15, -0.1) is 0 Å². The van der Waals surface area contributed by atoms with Crippen molar-refractivity contribution in [2.45, 2.75) is 18.2 Å². The lowest BCUT2D eigenvalue weighted by Gasteiger charge is -2.34. The first kappa shape index (κ1) is 24.8. The Morgan fingerprint density at radius 2 is 1.51 bits per heavy atom. The number of benzene rings is 3. The molecule has 1 amide bonds. The predicted molar refractivity (Wildman–Crippen MR) is 137 cm³/mol. The quantitative estimate of drug-likeness (QED) is 0.516. The summed E-state index contributed by atoms with van der Waals surface area (Å²) in [4.78, 5) is 17.3. The van der Waals surface area contributed by atoms with Crippen molar-refractivity contribution < 1.29 is 17.9 Å². The van der Waals surface area contributed by atoms with Crippen molar-refractivity contribution in [1.82, 2.24) is 9.80 Å². The number of anilines is 1. The second-order valence-electron chi connectivity index (χ2n) is 8.73. The summed E-state index contributed by atoms with van der Waals surface area (Å²) >= 11 is 0. The maximum atomic E-state index is 13.0. The third-order valence-electron chi connectivity index (χ3n) is 6.25. The molecule has 0 aliphatic carbocycles. The second kappa shape index (κ2) is 10.9. The number of aryl methyl sites for hydroxylation is 1. The molecule has 8 heteroatoms. The minimum absolute atomic E-state index is 0.0738. The van der Waals surface area contributed by atoms with Gasteiger partial charge in [-0.05, 0) is 67.4 Å². The van der Waals surface area contributed by atoms with E-state index in [0.29, 0.717) is 24.3 Å². The van der Waals surface area contributed by atoms with Crippen LogP contribution in [0.15, 0.2) is 77.7 Å². The Bertz CT molecular complexity index is 1230. The molecule has 0 bridgehead atoms. The number of methoxy groups -OCH3 is 1. The topological polar surface area (TPSA) is 79.0 Å². The largest absolute Gasteiger partial charge is 0.497 e. The summed E-state index contributed by atoms with van der Waals surface area (Å²) in [5.74, 6) is 0.782. The SMILES string of the molecule is COc1ccc(CCN2CCN(C(=O)c3ccc(S(=O)(=O)Nc4ccc(C)cc4)cc3)CC2)cc1. The summed E-state index contributed by atoms with van der Waals surface area (Å²) in [5.41, 5.74) is 3.30. The van der Waals surface area contributed by atoms with Crippen LogP contribution >= 0.6 is 0 Å². The molecule has 3 aromatic rings. The molecule has 0 aromatic heterocycles. The van der Waals surface area contributed by atoms with Gasteiger partial charge in [0.15, 0.2) is 0 Å². The van der Waals surface area contributed by atoms with Gasteiger partial charge in [-0.1, -0.05) is 29.8 Å². The molecule has 0 atom stereocenters. The summed E-state index contributed by atoms with van der Waals surface area (Å²) < 4.78 is 33.1. The van der Waals surface area contributed by atoms with E-state index in [1.807, 2.05) is 36.1 Å². The molecule has 35 heavy (non-hydrogen) atoms. The summed E-state index contributed by atoms with van der Waals surface area (Å²) in [5, 5.41) is 0. The van der Waals surface area contributed by atoms with Crippen LogP contribution < -0.4 is 9.46 Å². The molecule has 1 aliphatic heterocycles. The molecule has 4 rings (SSSR count). The van der Waals surface area contributed by atoms with E-state index in [1.54, 1.807) is 31.4 Å². The van der Waals surface area contributed by atoms with E-state index in [0.717, 1.165) is 37.4 Å². The first-order chi connectivity index (χ1) is 16.8. The van der Waals surface area contributed by atoms with E-state index in [4.69, 9.17) is 4.74 Å². The van der Waals surface area contributed by atoms with Crippen molar-refractivity contribution >= 4 is 21.6 Å². The first-order valence-corrected chi connectivity index (χ1v) is 13.2. The number of nitrogens with zero attached hydrogens (tertiary/aromatic N) is 2. The highest BCUT2D eigenvalue weighted by Crippen LogP contribution is 2.18. The predicted octanol–water partition coefficient (Wildman–Crippen LogP) is 3.80. The molecular formula is C27H31N3O4S. The van der Waals surface area contributed by atoms with Gasteiger partial charge in [0.2, 0.25) is 0 Å². The second-order valence-corrected chi connectivity index (χ2v) is 10.4. The van der Waals surface area contributed by atoms with Gasteiger partial charge in [0.05, 0.1) is 12.0 Å². The monoisotopic (exact) mass is 493 g/mol. The number of hydrogen-bond acceptors (Lipinski definition) is 5. The van der Waals surface area contributed by atoms with Gasteiger partial charge in [0, 0.05) is 44.0 Å². The van der Waals surface area contributed by atoms with Crippen LogP contribution in [0.5, 0.6) is 5.75 Å². The fraction of sp³-hybridized carbons (Fsp3) is 0.296. The summed E-state index contributed by atoms with van der Waals surface area (Å²) in [6, 6.07) is 21.4. The molecule has 3 aromatic carbocycles. The highest BCUT2D eigenvalue weighted by molar-refractivity contribution is 7.92. The Hall–Kier alpha value is -3.36. The normalized spacial score (nSPS) is 14.5. The summed E-state index contributed by atoms with van der Waals surface area (Å²) in [6.45, 7) is 5.81. The van der Waals surface area contributed by atoms with Crippen LogP contribution in [-0.2, 0) is 16.4 Å². The molecule has 184 valence electrons. The number of amides is 1. The van der Waals surface area contributed by atoms with E-state index in [9.17, 15) is 13.2 Å². The number of rotatable bonds is 8. The molecular weight excluding hydrogens is 462 g/mol. The lowest BCUT2D eigenvalue weighted by molar-refractivity contribution is 0.0638. The van der Waals surface area contributed by atoms with Gasteiger partial charge in [0.25, 0.3) is 15.9 Å². The van der Waals surface area contributed by atoms with Crippen molar-refractivity contribution in [3.8, 4) is 5.75 Å². The van der Waals surface area contributed by atoms with Gasteiger partial charge in [0.1, 0.15) is 5.75 Å². The van der Waals surface area contributed by atoms with Crippen molar-refractivity contribution in [3.63, 3.8) is 0 Å². The zero-order valence-electron chi connectivity index (χ0n) is 20.1. The third-order valence-corrected chi connectivity index (χ3v) is 7.65. The van der Waals surface area contributed by atoms with Crippen LogP contribution in [0.1, 0.15) is 21.5 Å². The molecule has 7 nitrogen and oxygen atoms in total. The first-order valence-electron chi connectivity index (χ1n) is 11.7. The number of sulfonamides is 1. The highest BCUT2D eigenvalue weighted by atomic mass is 32.2. The van der Waals surface area contributed by atoms with Crippen LogP contribution in [0.2, 0.25) is 0 Å². The Labute approximate surface area is 207 Å². The number of hydrogen-bond donors (Lipinski definition) is 1. The summed E-state index contributed by atoms with van der Waals surface area (Å²) in [6.07, 6.45) is 0.949. The van der Waals surface area contributed by atoms with E-state index in [1.165, 1.54) is 17.7 Å². The van der Waals surface area contributed by atoms with Crippen LogP contribution in [-0.4, -0.2) is 64.0 Å². The molecule has 1 fully saturated rings. The van der Waals surface area contributed by atoms with Crippen molar-refractivity contribution in [2.75, 3.05) is 44.6 Å². The smallest absolute Gasteiger partial charge is 0.261 e. The van der Waals surface area contributed by atoms with Crippen molar-refractivity contribution in [3.05, 3.63) is 89.5 Å². The molecule has 0 unspecified atom stereocenters. The van der Waals surface area contributed by atoms with Gasteiger partial charge in [-0.3, -0.25) is 14.4 Å². The molecule has 0 spiro atoms. The maximum absolute atomic E-state index is 13.0. The molecule has 1 saturated heterocycles. The number of ether oxygens (including phenoxy) is 1. The minimum atomic E-state index is -3.72. The molecule has 1 aliphatic rings. The van der Waals surface area contributed by atoms with Gasteiger partial charge in [-0.2, -0.15) is 0 Å². The zero-order valence-corrected chi connectivity index (χ0v) is 20.9. The number of carbonyl (C=O) groups is 1. The van der Waals surface area contributed by atoms with Crippen LogP contribution in [0.25, 0.3) is 0 Å². The molecule has 0 radical (unpaired) electrons. The average molecular weight is 494 g/mol. The average Bonchev–Trinajstić information content (AvgIpc) is 2.89. The van der Waals surface area contributed by atoms with Crippen LogP contribution in [0.4, 0.5) is 5.69 Å². The molecule has 1 heterocycles. The fourth-order valence-electron chi connectivity index (χ4n) is 4.05. The lowest BCUT2D eigenvalue weighted by Crippen LogP contribution is -2.49. The Kier molecular flexibility index (Phi) is 7.73. The summed E-state index contributed by atoms with van der Waals surface area (Å²) in [7, 11) is -2.06.